The standard InChI is InChI=1S/C24H24ClN3O4/c1-3-13-32-22-14-18(8-11-21(22)31-2)15-26-27-23(29)20-5-4-12-28(24(20)30)16-17-6-9-19(25)10-7-17/h4-12,14-15H,3,13,16H2,1-2H3,(H,27,29)/b26-15-. The number of ether oxygens (including phenoxy) is 2. The Bertz CT molecular complexity index is 1160. The zero-order chi connectivity index (χ0) is 22.9. The number of pyridine rings is 1. The number of halogens is 1. The number of benzene rings is 2. The second kappa shape index (κ2) is 11.2. The van der Waals surface area contributed by atoms with Crippen LogP contribution in [0.15, 0.2) is 70.7 Å². The Hall–Kier alpha value is -3.58. The van der Waals surface area contributed by atoms with Crippen molar-refractivity contribution in [3.8, 4) is 11.5 Å². The van der Waals surface area contributed by atoms with E-state index < -0.39 is 11.5 Å². The molecule has 0 unspecified atom stereocenters. The number of amides is 1. The summed E-state index contributed by atoms with van der Waals surface area (Å²) >= 11 is 5.90. The van der Waals surface area contributed by atoms with Crippen LogP contribution in [-0.2, 0) is 6.54 Å². The molecule has 1 N–H and O–H groups in total. The number of hydrogen-bond acceptors (Lipinski definition) is 5. The number of aromatic nitrogens is 1. The Morgan fingerprint density at radius 1 is 1.16 bits per heavy atom. The van der Waals surface area contributed by atoms with Crippen LogP contribution in [0.3, 0.4) is 0 Å². The molecule has 1 amide bonds. The van der Waals surface area contributed by atoms with Crippen LogP contribution in [0.4, 0.5) is 0 Å². The van der Waals surface area contributed by atoms with E-state index in [4.69, 9.17) is 21.1 Å². The highest BCUT2D eigenvalue weighted by Gasteiger charge is 2.12. The van der Waals surface area contributed by atoms with E-state index in [1.54, 1.807) is 49.7 Å². The zero-order valence-electron chi connectivity index (χ0n) is 17.9. The van der Waals surface area contributed by atoms with E-state index in [1.807, 2.05) is 19.1 Å². The van der Waals surface area contributed by atoms with Gasteiger partial charge in [0.2, 0.25) is 0 Å². The Balaban J connectivity index is 1.70. The van der Waals surface area contributed by atoms with Gasteiger partial charge >= 0.3 is 0 Å². The van der Waals surface area contributed by atoms with Gasteiger partial charge in [0.25, 0.3) is 11.5 Å². The van der Waals surface area contributed by atoms with E-state index in [0.29, 0.717) is 35.2 Å². The maximum atomic E-state index is 12.7. The van der Waals surface area contributed by atoms with Gasteiger partial charge in [0, 0.05) is 11.2 Å². The SMILES string of the molecule is CCCOc1cc(/C=N\NC(=O)c2cccn(Cc3ccc(Cl)cc3)c2=O)ccc1OC. The summed E-state index contributed by atoms with van der Waals surface area (Å²) in [6, 6.07) is 15.6. The Morgan fingerprint density at radius 3 is 2.66 bits per heavy atom. The lowest BCUT2D eigenvalue weighted by Gasteiger charge is -2.10. The summed E-state index contributed by atoms with van der Waals surface area (Å²) in [5, 5.41) is 4.59. The smallest absolute Gasteiger partial charge is 0.276 e. The number of hydrogen-bond donors (Lipinski definition) is 1. The zero-order valence-corrected chi connectivity index (χ0v) is 18.6. The van der Waals surface area contributed by atoms with E-state index in [1.165, 1.54) is 16.8 Å². The van der Waals surface area contributed by atoms with Crippen molar-refractivity contribution in [3.63, 3.8) is 0 Å². The van der Waals surface area contributed by atoms with Gasteiger partial charge in [0.05, 0.1) is 26.5 Å². The van der Waals surface area contributed by atoms with E-state index in [-0.39, 0.29) is 5.56 Å². The van der Waals surface area contributed by atoms with Crippen molar-refractivity contribution in [2.24, 2.45) is 5.10 Å². The van der Waals surface area contributed by atoms with Crippen molar-refractivity contribution in [3.05, 3.63) is 92.9 Å². The number of hydrazone groups is 1. The second-order valence-electron chi connectivity index (χ2n) is 6.94. The van der Waals surface area contributed by atoms with Crippen molar-refractivity contribution in [1.82, 2.24) is 9.99 Å². The highest BCUT2D eigenvalue weighted by Crippen LogP contribution is 2.27. The van der Waals surface area contributed by atoms with Crippen molar-refractivity contribution in [2.45, 2.75) is 19.9 Å². The molecule has 3 rings (SSSR count). The van der Waals surface area contributed by atoms with Gasteiger partial charge < -0.3 is 14.0 Å². The quantitative estimate of drug-likeness (QED) is 0.390. The van der Waals surface area contributed by atoms with Crippen LogP contribution in [0.2, 0.25) is 5.02 Å². The summed E-state index contributed by atoms with van der Waals surface area (Å²) in [7, 11) is 1.57. The first-order chi connectivity index (χ1) is 15.5. The van der Waals surface area contributed by atoms with E-state index in [9.17, 15) is 9.59 Å². The average molecular weight is 454 g/mol. The molecule has 0 spiro atoms. The Labute approximate surface area is 191 Å². The largest absolute Gasteiger partial charge is 0.493 e. The normalized spacial score (nSPS) is 10.8. The number of carbonyl (C=O) groups excluding carboxylic acids is 1. The van der Waals surface area contributed by atoms with Crippen molar-refractivity contribution in [1.29, 1.82) is 0 Å². The van der Waals surface area contributed by atoms with Crippen LogP contribution < -0.4 is 20.5 Å². The molecule has 7 nitrogen and oxygen atoms in total. The predicted molar refractivity (Wildman–Crippen MR) is 125 cm³/mol. The van der Waals surface area contributed by atoms with Crippen molar-refractivity contribution >= 4 is 23.7 Å². The second-order valence-corrected chi connectivity index (χ2v) is 7.38. The van der Waals surface area contributed by atoms with Crippen LogP contribution >= 0.6 is 11.6 Å². The topological polar surface area (TPSA) is 81.9 Å². The van der Waals surface area contributed by atoms with Gasteiger partial charge in [-0.05, 0) is 60.0 Å². The lowest BCUT2D eigenvalue weighted by Crippen LogP contribution is -2.30. The number of carbonyl (C=O) groups is 1. The van der Waals surface area contributed by atoms with Gasteiger partial charge in [-0.1, -0.05) is 30.7 Å². The third-order valence-corrected chi connectivity index (χ3v) is 4.81. The molecule has 166 valence electrons. The molecular formula is C24H24ClN3O4. The van der Waals surface area contributed by atoms with Crippen LogP contribution in [0.25, 0.3) is 0 Å². The molecule has 2 aromatic carbocycles. The molecular weight excluding hydrogens is 430 g/mol. The van der Waals surface area contributed by atoms with E-state index in [0.717, 1.165) is 12.0 Å². The number of methoxy groups -OCH3 is 1. The molecule has 8 heteroatoms. The van der Waals surface area contributed by atoms with Crippen molar-refractivity contribution < 1.29 is 14.3 Å². The predicted octanol–water partition coefficient (Wildman–Crippen LogP) is 4.11. The minimum absolute atomic E-state index is 0.000289. The Morgan fingerprint density at radius 2 is 1.94 bits per heavy atom. The van der Waals surface area contributed by atoms with E-state index in [2.05, 4.69) is 10.5 Å². The molecule has 1 heterocycles. The lowest BCUT2D eigenvalue weighted by molar-refractivity contribution is 0.0953. The molecule has 0 aliphatic carbocycles. The van der Waals surface area contributed by atoms with E-state index >= 15 is 0 Å². The fraction of sp³-hybridized carbons (Fsp3) is 0.208. The summed E-state index contributed by atoms with van der Waals surface area (Å²) < 4.78 is 12.4. The van der Waals surface area contributed by atoms with Crippen LogP contribution in [0.1, 0.15) is 34.8 Å². The van der Waals surface area contributed by atoms with Gasteiger partial charge in [-0.3, -0.25) is 9.59 Å². The Kier molecular flexibility index (Phi) is 8.05. The maximum Gasteiger partial charge on any atom is 0.276 e. The summed E-state index contributed by atoms with van der Waals surface area (Å²) in [6.07, 6.45) is 3.97. The molecule has 0 radical (unpaired) electrons. The lowest BCUT2D eigenvalue weighted by atomic mass is 10.2. The van der Waals surface area contributed by atoms with Gasteiger partial charge in [0.15, 0.2) is 11.5 Å². The fourth-order valence-corrected chi connectivity index (χ4v) is 3.07. The summed E-state index contributed by atoms with van der Waals surface area (Å²) in [5.74, 6) is 0.621. The van der Waals surface area contributed by atoms with Crippen molar-refractivity contribution in [2.75, 3.05) is 13.7 Å². The molecule has 0 fully saturated rings. The first kappa shape index (κ1) is 23.1. The van der Waals surface area contributed by atoms with Crippen LogP contribution in [-0.4, -0.2) is 30.4 Å². The summed E-state index contributed by atoms with van der Waals surface area (Å²) in [6.45, 7) is 2.90. The maximum absolute atomic E-state index is 12.7. The average Bonchev–Trinajstić information content (AvgIpc) is 2.80. The minimum Gasteiger partial charge on any atom is -0.493 e. The molecule has 0 atom stereocenters. The number of nitrogens with zero attached hydrogens (tertiary/aromatic N) is 2. The molecule has 0 saturated carbocycles. The highest BCUT2D eigenvalue weighted by atomic mass is 35.5. The first-order valence-electron chi connectivity index (χ1n) is 10.1. The monoisotopic (exact) mass is 453 g/mol. The van der Waals surface area contributed by atoms with Gasteiger partial charge in [0.1, 0.15) is 5.56 Å². The number of rotatable bonds is 9. The summed E-state index contributed by atoms with van der Waals surface area (Å²) in [5.41, 5.74) is 3.61. The molecule has 0 saturated heterocycles. The van der Waals surface area contributed by atoms with Crippen LogP contribution in [0, 0.1) is 0 Å². The third kappa shape index (κ3) is 5.98. The molecule has 32 heavy (non-hydrogen) atoms. The molecule has 0 bridgehead atoms. The fourth-order valence-electron chi connectivity index (χ4n) is 2.94. The van der Waals surface area contributed by atoms with Gasteiger partial charge in [-0.25, -0.2) is 5.43 Å². The molecule has 3 aromatic rings. The molecule has 0 aliphatic rings. The van der Waals surface area contributed by atoms with Gasteiger partial charge in [-0.2, -0.15) is 5.10 Å². The highest BCUT2D eigenvalue weighted by molar-refractivity contribution is 6.30. The summed E-state index contributed by atoms with van der Waals surface area (Å²) in [4.78, 5) is 25.2. The third-order valence-electron chi connectivity index (χ3n) is 4.56. The molecule has 0 aliphatic heterocycles. The van der Waals surface area contributed by atoms with Crippen LogP contribution in [0.5, 0.6) is 11.5 Å². The van der Waals surface area contributed by atoms with Gasteiger partial charge in [-0.15, -0.1) is 0 Å². The number of nitrogens with one attached hydrogen (secondary N) is 1. The molecule has 1 aromatic heterocycles. The minimum atomic E-state index is -0.590. The first-order valence-corrected chi connectivity index (χ1v) is 10.5.